The summed E-state index contributed by atoms with van der Waals surface area (Å²) in [5.41, 5.74) is 0. The zero-order chi connectivity index (χ0) is 5.54. The summed E-state index contributed by atoms with van der Waals surface area (Å²) in [5.74, 6) is 0. The Labute approximate surface area is 76.6 Å². The smallest absolute Gasteiger partial charge is 0.358 e. The third-order valence-corrected chi connectivity index (χ3v) is 1.10. The van der Waals surface area contributed by atoms with Crippen molar-refractivity contribution < 1.29 is 0 Å². The van der Waals surface area contributed by atoms with Crippen molar-refractivity contribution >= 4 is 23.1 Å². The van der Waals surface area contributed by atoms with Gasteiger partial charge < -0.3 is 14.4 Å². The van der Waals surface area contributed by atoms with E-state index in [4.69, 9.17) is 0 Å². The van der Waals surface area contributed by atoms with Crippen molar-refractivity contribution in [2.24, 2.45) is 0 Å². The van der Waals surface area contributed by atoms with Crippen LogP contribution in [0.2, 0.25) is 0 Å². The van der Waals surface area contributed by atoms with Crippen LogP contribution in [0.3, 0.4) is 0 Å². The maximum Gasteiger partial charge on any atom is 2.00 e. The minimum absolute atomic E-state index is 0. The van der Waals surface area contributed by atoms with Crippen LogP contribution in [0.1, 0.15) is 39.0 Å². The van der Waals surface area contributed by atoms with E-state index in [1.165, 1.54) is 25.7 Å². The average molecular weight is 139 g/mol. The van der Waals surface area contributed by atoms with E-state index in [1.807, 2.05) is 0 Å². The number of hydrogen-bond acceptors (Lipinski definition) is 0. The fraction of sp³-hybridized carbons (Fsp3) is 0.750. The van der Waals surface area contributed by atoms with Crippen LogP contribution in [-0.2, 0) is 0 Å². The summed E-state index contributed by atoms with van der Waals surface area (Å²) >= 11 is 0. The molecule has 0 aromatic rings. The summed E-state index contributed by atoms with van der Waals surface area (Å²) in [4.78, 5) is 0. The fourth-order valence-corrected chi connectivity index (χ4v) is 0.604. The second kappa shape index (κ2) is 15.9. The van der Waals surface area contributed by atoms with Gasteiger partial charge in [0, 0.05) is 0 Å². The van der Waals surface area contributed by atoms with Crippen LogP contribution in [0, 0.1) is 14.4 Å². The number of hydrogen-bond donors (Lipinski definition) is 0. The third kappa shape index (κ3) is 17.7. The Morgan fingerprint density at radius 3 is 2.00 bits per heavy atom. The Kier molecular flexibility index (Phi) is 29.0. The number of rotatable bonds is 4. The van der Waals surface area contributed by atoms with Crippen LogP contribution in [0.4, 0.5) is 0 Å². The molecule has 0 atom stereocenters. The fourth-order valence-electron chi connectivity index (χ4n) is 0.604. The van der Waals surface area contributed by atoms with E-state index in [0.717, 1.165) is 6.42 Å². The second-order valence-corrected chi connectivity index (χ2v) is 1.91. The van der Waals surface area contributed by atoms with Gasteiger partial charge >= 0.3 is 23.1 Å². The SMILES string of the molecule is [CH2-]CCCCCC.[CH3-].[Mg+2]. The zero-order valence-electron chi connectivity index (χ0n) is 6.95. The van der Waals surface area contributed by atoms with Gasteiger partial charge in [-0.3, -0.25) is 0 Å². The third-order valence-electron chi connectivity index (χ3n) is 1.10. The minimum atomic E-state index is 0. The van der Waals surface area contributed by atoms with Crippen molar-refractivity contribution in [1.29, 1.82) is 0 Å². The molecule has 0 spiro atoms. The van der Waals surface area contributed by atoms with E-state index in [2.05, 4.69) is 13.8 Å². The van der Waals surface area contributed by atoms with Gasteiger partial charge in [-0.25, -0.2) is 0 Å². The van der Waals surface area contributed by atoms with Crippen molar-refractivity contribution in [3.63, 3.8) is 0 Å². The second-order valence-electron chi connectivity index (χ2n) is 1.91. The van der Waals surface area contributed by atoms with Gasteiger partial charge in [-0.15, -0.1) is 0 Å². The van der Waals surface area contributed by atoms with Gasteiger partial charge in [0.25, 0.3) is 0 Å². The predicted molar refractivity (Wildman–Crippen MR) is 46.3 cm³/mol. The monoisotopic (exact) mass is 138 g/mol. The van der Waals surface area contributed by atoms with Gasteiger partial charge in [-0.1, -0.05) is 32.6 Å². The van der Waals surface area contributed by atoms with Crippen LogP contribution in [0.25, 0.3) is 0 Å². The molecule has 0 amide bonds. The van der Waals surface area contributed by atoms with E-state index in [0.29, 0.717) is 0 Å². The van der Waals surface area contributed by atoms with Crippen LogP contribution in [-0.4, -0.2) is 23.1 Å². The molecule has 0 aliphatic heterocycles. The molecule has 1 heteroatoms. The summed E-state index contributed by atoms with van der Waals surface area (Å²) in [6.07, 6.45) is 6.52. The van der Waals surface area contributed by atoms with Gasteiger partial charge in [0.15, 0.2) is 0 Å². The predicted octanol–water partition coefficient (Wildman–Crippen LogP) is 2.86. The van der Waals surface area contributed by atoms with E-state index < -0.39 is 0 Å². The van der Waals surface area contributed by atoms with Crippen LogP contribution < -0.4 is 0 Å². The molecule has 0 N–H and O–H groups in total. The normalized spacial score (nSPS) is 7.33. The first-order valence-corrected chi connectivity index (χ1v) is 3.21. The first kappa shape index (κ1) is 16.4. The maximum absolute atomic E-state index is 3.76. The zero-order valence-corrected chi connectivity index (χ0v) is 8.36. The molecule has 0 heterocycles. The maximum atomic E-state index is 3.76. The molecule has 0 aliphatic rings. The molecule has 0 aromatic heterocycles. The summed E-state index contributed by atoms with van der Waals surface area (Å²) in [7, 11) is 0. The molecule has 0 aromatic carbocycles. The van der Waals surface area contributed by atoms with Gasteiger partial charge in [-0.2, -0.15) is 6.42 Å². The van der Waals surface area contributed by atoms with Crippen molar-refractivity contribution in [1.82, 2.24) is 0 Å². The van der Waals surface area contributed by atoms with E-state index in [1.54, 1.807) is 0 Å². The van der Waals surface area contributed by atoms with Gasteiger partial charge in [0.1, 0.15) is 0 Å². The molecule has 9 heavy (non-hydrogen) atoms. The Bertz CT molecular complexity index is 23.7. The van der Waals surface area contributed by atoms with Gasteiger partial charge in [0.05, 0.1) is 0 Å². The Morgan fingerprint density at radius 2 is 1.67 bits per heavy atom. The Morgan fingerprint density at radius 1 is 1.11 bits per heavy atom. The van der Waals surface area contributed by atoms with E-state index >= 15 is 0 Å². The standard InChI is InChI=1S/C7H15.CH3.Mg/c1-3-5-7-6-4-2;;/h1,3-7H2,2H3;1H3;/q2*-1;+2. The Balaban J connectivity index is -0.000000180. The van der Waals surface area contributed by atoms with Crippen molar-refractivity contribution in [2.75, 3.05) is 0 Å². The molecule has 0 saturated heterocycles. The first-order valence-electron chi connectivity index (χ1n) is 3.21. The van der Waals surface area contributed by atoms with E-state index in [-0.39, 0.29) is 30.5 Å². The largest absolute Gasteiger partial charge is 2.00 e. The number of unbranched alkanes of at least 4 members (excludes halogenated alkanes) is 4. The topological polar surface area (TPSA) is 0 Å². The van der Waals surface area contributed by atoms with Crippen LogP contribution in [0.15, 0.2) is 0 Å². The molecule has 0 saturated carbocycles. The van der Waals surface area contributed by atoms with Crippen LogP contribution in [0.5, 0.6) is 0 Å². The summed E-state index contributed by atoms with van der Waals surface area (Å²) in [5, 5.41) is 0. The average Bonchev–Trinajstić information content (AvgIpc) is 1.69. The van der Waals surface area contributed by atoms with Crippen molar-refractivity contribution in [3.05, 3.63) is 14.4 Å². The molecular weight excluding hydrogens is 120 g/mol. The molecule has 52 valence electrons. The molecule has 0 aliphatic carbocycles. The molecule has 0 unspecified atom stereocenters. The van der Waals surface area contributed by atoms with E-state index in [9.17, 15) is 0 Å². The summed E-state index contributed by atoms with van der Waals surface area (Å²) in [6.45, 7) is 5.98. The van der Waals surface area contributed by atoms with Gasteiger partial charge in [-0.05, 0) is 0 Å². The van der Waals surface area contributed by atoms with Gasteiger partial charge in [0.2, 0.25) is 0 Å². The first-order chi connectivity index (χ1) is 3.41. The molecular formula is C8H18Mg. The van der Waals surface area contributed by atoms with Crippen LogP contribution >= 0.6 is 0 Å². The Hall–Kier alpha value is 0.766. The summed E-state index contributed by atoms with van der Waals surface area (Å²) < 4.78 is 0. The molecule has 0 rings (SSSR count). The minimum Gasteiger partial charge on any atom is -0.358 e. The molecule has 0 nitrogen and oxygen atoms in total. The quantitative estimate of drug-likeness (QED) is 0.318. The summed E-state index contributed by atoms with van der Waals surface area (Å²) in [6, 6.07) is 0. The molecule has 0 fully saturated rings. The van der Waals surface area contributed by atoms with Crippen molar-refractivity contribution in [3.8, 4) is 0 Å². The van der Waals surface area contributed by atoms with Crippen molar-refractivity contribution in [2.45, 2.75) is 39.0 Å². The molecule has 0 radical (unpaired) electrons. The molecule has 0 bridgehead atoms.